The van der Waals surface area contributed by atoms with Gasteiger partial charge in [-0.2, -0.15) is 10.5 Å². The van der Waals surface area contributed by atoms with Crippen LogP contribution in [0.2, 0.25) is 5.02 Å². The summed E-state index contributed by atoms with van der Waals surface area (Å²) in [6, 6.07) is 17.1. The number of aromatic nitrogens is 1. The zero-order valence-corrected chi connectivity index (χ0v) is 15.4. The number of rotatable bonds is 3. The quantitative estimate of drug-likeness (QED) is 0.684. The molecule has 3 aromatic rings. The molecular formula is C20H11ClFN3OS. The van der Waals surface area contributed by atoms with E-state index in [9.17, 15) is 19.7 Å². The molecule has 27 heavy (non-hydrogen) atoms. The number of hydrogen-bond donors (Lipinski definition) is 0. The van der Waals surface area contributed by atoms with Crippen molar-refractivity contribution in [3.05, 3.63) is 90.0 Å². The molecular weight excluding hydrogens is 385 g/mol. The molecule has 3 rings (SSSR count). The molecule has 0 fully saturated rings. The average Bonchev–Trinajstić information content (AvgIpc) is 2.96. The lowest BCUT2D eigenvalue weighted by molar-refractivity contribution is 0.625. The van der Waals surface area contributed by atoms with Crippen LogP contribution in [0.1, 0.15) is 11.1 Å². The minimum Gasteiger partial charge on any atom is -0.293 e. The summed E-state index contributed by atoms with van der Waals surface area (Å²) in [6.45, 7) is 0.192. The molecule has 0 N–H and O–H groups in total. The lowest BCUT2D eigenvalue weighted by Crippen LogP contribution is -2.32. The Morgan fingerprint density at radius 2 is 1.85 bits per heavy atom. The van der Waals surface area contributed by atoms with Crippen molar-refractivity contribution in [2.24, 2.45) is 0 Å². The second-order valence-electron chi connectivity index (χ2n) is 5.53. The minimum absolute atomic E-state index is 0.0893. The third-order valence-corrected chi connectivity index (χ3v) is 5.26. The molecule has 0 spiro atoms. The van der Waals surface area contributed by atoms with Gasteiger partial charge in [0.2, 0.25) is 0 Å². The third kappa shape index (κ3) is 3.83. The smallest absolute Gasteiger partial charge is 0.269 e. The first-order valence-electron chi connectivity index (χ1n) is 7.79. The van der Waals surface area contributed by atoms with Gasteiger partial charge in [-0.15, -0.1) is 11.3 Å². The van der Waals surface area contributed by atoms with Gasteiger partial charge in [0, 0.05) is 5.56 Å². The maximum atomic E-state index is 14.1. The van der Waals surface area contributed by atoms with Crippen molar-refractivity contribution in [2.45, 2.75) is 6.54 Å². The van der Waals surface area contributed by atoms with Crippen LogP contribution >= 0.6 is 22.9 Å². The van der Waals surface area contributed by atoms with Gasteiger partial charge in [-0.05, 0) is 23.8 Å². The van der Waals surface area contributed by atoms with Gasteiger partial charge in [0.1, 0.15) is 22.6 Å². The number of nitriles is 2. The molecule has 0 bridgehead atoms. The van der Waals surface area contributed by atoms with E-state index in [2.05, 4.69) is 0 Å². The Balaban J connectivity index is 2.31. The predicted molar refractivity (Wildman–Crippen MR) is 103 cm³/mol. The topological polar surface area (TPSA) is 69.6 Å². The molecule has 0 saturated heterocycles. The monoisotopic (exact) mass is 395 g/mol. The Labute approximate surface area is 162 Å². The molecule has 0 aliphatic rings. The fourth-order valence-electron chi connectivity index (χ4n) is 2.52. The van der Waals surface area contributed by atoms with Gasteiger partial charge in [0.25, 0.3) is 5.56 Å². The first kappa shape index (κ1) is 18.6. The van der Waals surface area contributed by atoms with Gasteiger partial charge in [-0.1, -0.05) is 48.0 Å². The molecule has 0 radical (unpaired) electrons. The molecule has 0 atom stereocenters. The van der Waals surface area contributed by atoms with E-state index in [1.54, 1.807) is 0 Å². The van der Waals surface area contributed by atoms with E-state index in [1.165, 1.54) is 28.8 Å². The van der Waals surface area contributed by atoms with E-state index in [0.29, 0.717) is 0 Å². The Hall–Kier alpha value is -3.19. The van der Waals surface area contributed by atoms with Gasteiger partial charge >= 0.3 is 0 Å². The summed E-state index contributed by atoms with van der Waals surface area (Å²) < 4.78 is 15.9. The lowest BCUT2D eigenvalue weighted by atomic mass is 10.2. The highest BCUT2D eigenvalue weighted by atomic mass is 35.5. The van der Waals surface area contributed by atoms with E-state index >= 15 is 0 Å². The molecule has 2 aromatic carbocycles. The summed E-state index contributed by atoms with van der Waals surface area (Å²) in [5.74, 6) is -0.559. The predicted octanol–water partition coefficient (Wildman–Crippen LogP) is 2.78. The van der Waals surface area contributed by atoms with Crippen molar-refractivity contribution in [1.29, 1.82) is 10.5 Å². The molecule has 0 saturated carbocycles. The number of nitrogens with zero attached hydrogens (tertiary/aromatic N) is 3. The molecule has 0 aliphatic carbocycles. The first-order valence-corrected chi connectivity index (χ1v) is 8.98. The first-order chi connectivity index (χ1) is 13.0. The van der Waals surface area contributed by atoms with Crippen LogP contribution in [0.5, 0.6) is 0 Å². The molecule has 7 heteroatoms. The summed E-state index contributed by atoms with van der Waals surface area (Å²) in [4.78, 5) is 12.9. The van der Waals surface area contributed by atoms with Gasteiger partial charge in [-0.25, -0.2) is 4.39 Å². The van der Waals surface area contributed by atoms with E-state index in [1.807, 2.05) is 42.5 Å². The van der Waals surface area contributed by atoms with Crippen molar-refractivity contribution in [2.75, 3.05) is 0 Å². The molecule has 0 aliphatic heterocycles. The van der Waals surface area contributed by atoms with Crippen molar-refractivity contribution in [1.82, 2.24) is 4.57 Å². The summed E-state index contributed by atoms with van der Waals surface area (Å²) in [7, 11) is 0. The lowest BCUT2D eigenvalue weighted by Gasteiger charge is -2.02. The Kier molecular flexibility index (Phi) is 5.52. The Bertz CT molecular complexity index is 1230. The van der Waals surface area contributed by atoms with Gasteiger partial charge in [-0.3, -0.25) is 9.36 Å². The normalized spacial score (nSPS) is 11.0. The average molecular weight is 396 g/mol. The largest absolute Gasteiger partial charge is 0.293 e. The van der Waals surface area contributed by atoms with Crippen molar-refractivity contribution in [3.63, 3.8) is 0 Å². The highest BCUT2D eigenvalue weighted by Crippen LogP contribution is 2.19. The van der Waals surface area contributed by atoms with Crippen LogP contribution in [0.3, 0.4) is 0 Å². The van der Waals surface area contributed by atoms with E-state index in [4.69, 9.17) is 11.6 Å². The SMILES string of the molecule is N#CC(C#N)=c1sc(=Cc2c(F)cccc2Cl)c(=O)n1Cc1ccccc1. The van der Waals surface area contributed by atoms with Crippen molar-refractivity contribution < 1.29 is 4.39 Å². The molecule has 4 nitrogen and oxygen atoms in total. The fraction of sp³-hybridized carbons (Fsp3) is 0.0500. The third-order valence-electron chi connectivity index (χ3n) is 3.80. The Morgan fingerprint density at radius 1 is 1.15 bits per heavy atom. The second-order valence-corrected chi connectivity index (χ2v) is 6.96. The van der Waals surface area contributed by atoms with Crippen LogP contribution in [0.15, 0.2) is 53.3 Å². The zero-order chi connectivity index (χ0) is 19.4. The van der Waals surface area contributed by atoms with Crippen LogP contribution in [0.25, 0.3) is 11.6 Å². The van der Waals surface area contributed by atoms with Gasteiger partial charge < -0.3 is 0 Å². The molecule has 0 unspecified atom stereocenters. The maximum Gasteiger partial charge on any atom is 0.269 e. The summed E-state index contributed by atoms with van der Waals surface area (Å²) in [6.07, 6.45) is 1.35. The molecule has 0 amide bonds. The van der Waals surface area contributed by atoms with Crippen molar-refractivity contribution in [3.8, 4) is 12.1 Å². The van der Waals surface area contributed by atoms with Gasteiger partial charge in [0.15, 0.2) is 5.57 Å². The van der Waals surface area contributed by atoms with Crippen LogP contribution < -0.4 is 14.8 Å². The summed E-state index contributed by atoms with van der Waals surface area (Å²) >= 11 is 7.00. The van der Waals surface area contributed by atoms with Crippen LogP contribution in [0.4, 0.5) is 4.39 Å². The van der Waals surface area contributed by atoms with E-state index in [0.717, 1.165) is 16.9 Å². The van der Waals surface area contributed by atoms with E-state index < -0.39 is 11.4 Å². The van der Waals surface area contributed by atoms with Gasteiger partial charge in [0.05, 0.1) is 16.1 Å². The zero-order valence-electron chi connectivity index (χ0n) is 13.8. The van der Waals surface area contributed by atoms with Crippen LogP contribution in [-0.2, 0) is 6.54 Å². The molecule has 1 aromatic heterocycles. The standard InChI is InChI=1S/C20H11ClFN3OS/c21-16-7-4-8-17(22)15(16)9-18-19(26)25(12-13-5-2-1-3-6-13)20(27-18)14(10-23)11-24/h1-9H,12H2. The molecule has 1 heterocycles. The van der Waals surface area contributed by atoms with Crippen LogP contribution in [-0.4, -0.2) is 4.57 Å². The number of benzene rings is 2. The second kappa shape index (κ2) is 8.01. The highest BCUT2D eigenvalue weighted by Gasteiger charge is 2.11. The number of hydrogen-bond acceptors (Lipinski definition) is 4. The molecule has 132 valence electrons. The van der Waals surface area contributed by atoms with Crippen LogP contribution in [0, 0.1) is 28.5 Å². The minimum atomic E-state index is -0.559. The van der Waals surface area contributed by atoms with Crippen molar-refractivity contribution >= 4 is 34.6 Å². The number of thiazole rings is 1. The van der Waals surface area contributed by atoms with E-state index in [-0.39, 0.29) is 31.9 Å². The highest BCUT2D eigenvalue weighted by molar-refractivity contribution is 7.07. The Morgan fingerprint density at radius 3 is 2.48 bits per heavy atom. The summed E-state index contributed by atoms with van der Waals surface area (Å²) in [5.41, 5.74) is 0.337. The summed E-state index contributed by atoms with van der Waals surface area (Å²) in [5, 5.41) is 18.6. The number of halogens is 2. The maximum absolute atomic E-state index is 14.1. The fourth-order valence-corrected chi connectivity index (χ4v) is 3.77.